The van der Waals surface area contributed by atoms with Crippen molar-refractivity contribution in [1.82, 2.24) is 5.32 Å². The van der Waals surface area contributed by atoms with E-state index in [9.17, 15) is 14.4 Å². The third-order valence-electron chi connectivity index (χ3n) is 4.59. The van der Waals surface area contributed by atoms with Gasteiger partial charge in [-0.25, -0.2) is 0 Å². The Morgan fingerprint density at radius 2 is 1.28 bits per heavy atom. The maximum Gasteiger partial charge on any atom is 0.228 e. The lowest BCUT2D eigenvalue weighted by molar-refractivity contribution is -0.121. The lowest BCUT2D eigenvalue weighted by Crippen LogP contribution is -2.31. The first-order chi connectivity index (χ1) is 13.9. The van der Waals surface area contributed by atoms with Gasteiger partial charge in [0.1, 0.15) is 0 Å². The number of anilines is 2. The molecular formula is C23H27N3O3. The largest absolute Gasteiger partial charge is 0.354 e. The van der Waals surface area contributed by atoms with E-state index < -0.39 is 0 Å². The Morgan fingerprint density at radius 3 is 1.76 bits per heavy atom. The second-order valence-electron chi connectivity index (χ2n) is 7.78. The van der Waals surface area contributed by atoms with Gasteiger partial charge in [-0.15, -0.1) is 0 Å². The van der Waals surface area contributed by atoms with E-state index in [2.05, 4.69) is 16.0 Å². The Bertz CT molecular complexity index is 869. The smallest absolute Gasteiger partial charge is 0.228 e. The molecule has 6 nitrogen and oxygen atoms in total. The van der Waals surface area contributed by atoms with Crippen molar-refractivity contribution in [2.45, 2.75) is 45.6 Å². The van der Waals surface area contributed by atoms with Crippen LogP contribution >= 0.6 is 0 Å². The van der Waals surface area contributed by atoms with Gasteiger partial charge in [-0.05, 0) is 62.1 Å². The summed E-state index contributed by atoms with van der Waals surface area (Å²) in [4.78, 5) is 35.9. The Morgan fingerprint density at radius 1 is 0.793 bits per heavy atom. The molecule has 0 atom stereocenters. The zero-order chi connectivity index (χ0) is 20.8. The van der Waals surface area contributed by atoms with Crippen LogP contribution in [0.5, 0.6) is 0 Å². The number of amides is 3. The zero-order valence-electron chi connectivity index (χ0n) is 16.8. The summed E-state index contributed by atoms with van der Waals surface area (Å²) in [5.74, 6) is 0.0932. The molecule has 0 saturated heterocycles. The van der Waals surface area contributed by atoms with Crippen LogP contribution in [0, 0.1) is 5.92 Å². The molecule has 3 N–H and O–H groups in total. The van der Waals surface area contributed by atoms with Crippen LogP contribution in [-0.4, -0.2) is 23.8 Å². The summed E-state index contributed by atoms with van der Waals surface area (Å²) in [5.41, 5.74) is 3.21. The minimum absolute atomic E-state index is 0.0199. The minimum Gasteiger partial charge on any atom is -0.354 e. The lowest BCUT2D eigenvalue weighted by Gasteiger charge is -2.09. The third kappa shape index (κ3) is 6.75. The number of carbonyl (C=O) groups is 3. The maximum atomic E-state index is 12.3. The lowest BCUT2D eigenvalue weighted by atomic mass is 10.1. The van der Waals surface area contributed by atoms with E-state index >= 15 is 0 Å². The Labute approximate surface area is 171 Å². The van der Waals surface area contributed by atoms with E-state index in [0.717, 1.165) is 29.7 Å². The molecule has 0 bridgehead atoms. The van der Waals surface area contributed by atoms with Crippen molar-refractivity contribution in [3.63, 3.8) is 0 Å². The van der Waals surface area contributed by atoms with Crippen molar-refractivity contribution in [3.8, 4) is 0 Å². The number of rotatable bonds is 8. The number of hydrogen-bond donors (Lipinski definition) is 3. The first-order valence-corrected chi connectivity index (χ1v) is 9.97. The van der Waals surface area contributed by atoms with Crippen molar-refractivity contribution in [2.24, 2.45) is 5.92 Å². The van der Waals surface area contributed by atoms with Gasteiger partial charge in [-0.3, -0.25) is 14.4 Å². The molecule has 2 aromatic carbocycles. The molecule has 2 aromatic rings. The number of hydrogen-bond acceptors (Lipinski definition) is 3. The first kappa shape index (κ1) is 20.6. The van der Waals surface area contributed by atoms with Gasteiger partial charge >= 0.3 is 0 Å². The fourth-order valence-electron chi connectivity index (χ4n) is 2.95. The molecule has 0 heterocycles. The number of nitrogens with one attached hydrogen (secondary N) is 3. The standard InChI is InChI=1S/C23H27N3O3/c1-15(2)24-21(27)13-16-3-9-19(10-4-16)25-22(28)14-17-5-11-20(12-6-17)26-23(29)18-7-8-18/h3-6,9-12,15,18H,7-8,13-14H2,1-2H3,(H,24,27)(H,25,28)(H,26,29). The molecular weight excluding hydrogens is 366 g/mol. The molecule has 29 heavy (non-hydrogen) atoms. The molecule has 0 radical (unpaired) electrons. The maximum absolute atomic E-state index is 12.3. The first-order valence-electron chi connectivity index (χ1n) is 9.97. The summed E-state index contributed by atoms with van der Waals surface area (Å²) in [5, 5.41) is 8.61. The normalized spacial score (nSPS) is 13.1. The summed E-state index contributed by atoms with van der Waals surface area (Å²) in [6.45, 7) is 3.85. The van der Waals surface area contributed by atoms with Crippen molar-refractivity contribution in [3.05, 3.63) is 59.7 Å². The molecule has 3 amide bonds. The molecule has 1 aliphatic rings. The second kappa shape index (κ2) is 9.37. The van der Waals surface area contributed by atoms with Crippen molar-refractivity contribution in [2.75, 3.05) is 10.6 Å². The van der Waals surface area contributed by atoms with Gasteiger partial charge in [0, 0.05) is 23.3 Å². The SMILES string of the molecule is CC(C)NC(=O)Cc1ccc(NC(=O)Cc2ccc(NC(=O)C3CC3)cc2)cc1. The fourth-order valence-corrected chi connectivity index (χ4v) is 2.95. The van der Waals surface area contributed by atoms with Gasteiger partial charge in [0.2, 0.25) is 17.7 Å². The quantitative estimate of drug-likeness (QED) is 0.643. The van der Waals surface area contributed by atoms with Crippen LogP contribution in [0.4, 0.5) is 11.4 Å². The molecule has 1 fully saturated rings. The molecule has 0 unspecified atom stereocenters. The van der Waals surface area contributed by atoms with Gasteiger partial charge in [-0.2, -0.15) is 0 Å². The average Bonchev–Trinajstić information content (AvgIpc) is 3.49. The molecule has 0 spiro atoms. The Kier molecular flexibility index (Phi) is 6.65. The Balaban J connectivity index is 1.47. The summed E-state index contributed by atoms with van der Waals surface area (Å²) in [6.07, 6.45) is 2.50. The molecule has 0 aromatic heterocycles. The highest BCUT2D eigenvalue weighted by Gasteiger charge is 2.29. The third-order valence-corrected chi connectivity index (χ3v) is 4.59. The highest BCUT2D eigenvalue weighted by molar-refractivity contribution is 5.94. The van der Waals surface area contributed by atoms with Gasteiger partial charge in [-0.1, -0.05) is 24.3 Å². The van der Waals surface area contributed by atoms with E-state index in [1.807, 2.05) is 50.2 Å². The second-order valence-corrected chi connectivity index (χ2v) is 7.78. The van der Waals surface area contributed by atoms with Crippen LogP contribution in [-0.2, 0) is 27.2 Å². The van der Waals surface area contributed by atoms with E-state index in [1.165, 1.54) is 0 Å². The van der Waals surface area contributed by atoms with Crippen LogP contribution in [0.2, 0.25) is 0 Å². The number of benzene rings is 2. The molecule has 6 heteroatoms. The van der Waals surface area contributed by atoms with Crippen LogP contribution in [0.1, 0.15) is 37.8 Å². The van der Waals surface area contributed by atoms with E-state index in [0.29, 0.717) is 12.1 Å². The van der Waals surface area contributed by atoms with Crippen molar-refractivity contribution in [1.29, 1.82) is 0 Å². The molecule has 1 saturated carbocycles. The van der Waals surface area contributed by atoms with E-state index in [4.69, 9.17) is 0 Å². The highest BCUT2D eigenvalue weighted by atomic mass is 16.2. The average molecular weight is 393 g/mol. The van der Waals surface area contributed by atoms with Gasteiger partial charge in [0.25, 0.3) is 0 Å². The molecule has 3 rings (SSSR count). The summed E-state index contributed by atoms with van der Waals surface area (Å²) >= 11 is 0. The molecule has 152 valence electrons. The van der Waals surface area contributed by atoms with Crippen molar-refractivity contribution >= 4 is 29.1 Å². The summed E-state index contributed by atoms with van der Waals surface area (Å²) < 4.78 is 0. The van der Waals surface area contributed by atoms with Crippen LogP contribution in [0.25, 0.3) is 0 Å². The van der Waals surface area contributed by atoms with Crippen molar-refractivity contribution < 1.29 is 14.4 Å². The predicted molar refractivity (Wildman–Crippen MR) is 114 cm³/mol. The van der Waals surface area contributed by atoms with Crippen LogP contribution < -0.4 is 16.0 Å². The molecule has 1 aliphatic carbocycles. The van der Waals surface area contributed by atoms with E-state index in [-0.39, 0.29) is 36.1 Å². The highest BCUT2D eigenvalue weighted by Crippen LogP contribution is 2.30. The van der Waals surface area contributed by atoms with Crippen LogP contribution in [0.15, 0.2) is 48.5 Å². The number of carbonyl (C=O) groups excluding carboxylic acids is 3. The predicted octanol–water partition coefficient (Wildman–Crippen LogP) is 3.28. The van der Waals surface area contributed by atoms with Gasteiger partial charge < -0.3 is 16.0 Å². The Hall–Kier alpha value is -3.15. The van der Waals surface area contributed by atoms with Gasteiger partial charge in [0.15, 0.2) is 0 Å². The zero-order valence-corrected chi connectivity index (χ0v) is 16.8. The van der Waals surface area contributed by atoms with Crippen LogP contribution in [0.3, 0.4) is 0 Å². The van der Waals surface area contributed by atoms with E-state index in [1.54, 1.807) is 12.1 Å². The van der Waals surface area contributed by atoms with Gasteiger partial charge in [0.05, 0.1) is 12.8 Å². The topological polar surface area (TPSA) is 87.3 Å². The fraction of sp³-hybridized carbons (Fsp3) is 0.348. The molecule has 0 aliphatic heterocycles. The minimum atomic E-state index is -0.120. The monoisotopic (exact) mass is 393 g/mol. The summed E-state index contributed by atoms with van der Waals surface area (Å²) in [6, 6.07) is 14.7. The summed E-state index contributed by atoms with van der Waals surface area (Å²) in [7, 11) is 0.